The molecule has 0 aliphatic carbocycles. The van der Waals surface area contributed by atoms with Crippen LogP contribution in [0.3, 0.4) is 0 Å². The lowest BCUT2D eigenvalue weighted by Gasteiger charge is -2.27. The Labute approximate surface area is 188 Å². The molecular formula is C21H42BN4O5. The molecule has 0 aromatic rings. The third-order valence-corrected chi connectivity index (χ3v) is 4.97. The summed E-state index contributed by atoms with van der Waals surface area (Å²) < 4.78 is 5.39. The van der Waals surface area contributed by atoms with Gasteiger partial charge in [0.05, 0.1) is 6.10 Å². The summed E-state index contributed by atoms with van der Waals surface area (Å²) in [6, 6.07) is -1.55. The number of nitrogens with two attached hydrogens (primary N) is 1. The van der Waals surface area contributed by atoms with Crippen LogP contribution in [0.2, 0.25) is 6.82 Å². The van der Waals surface area contributed by atoms with Gasteiger partial charge in [0.25, 0.3) is 0 Å². The molecule has 9 nitrogen and oxygen atoms in total. The highest BCUT2D eigenvalue weighted by molar-refractivity contribution is 6.24. The molecule has 0 aliphatic heterocycles. The van der Waals surface area contributed by atoms with Crippen molar-refractivity contribution in [2.24, 2.45) is 17.6 Å². The van der Waals surface area contributed by atoms with Crippen LogP contribution in [0.5, 0.6) is 0 Å². The Bertz CT molecular complexity index is 544. The zero-order valence-corrected chi connectivity index (χ0v) is 20.0. The topological polar surface area (TPSA) is 134 Å². The molecule has 0 aromatic heterocycles. The fourth-order valence-corrected chi connectivity index (χ4v) is 3.32. The molecule has 0 saturated heterocycles. The molecule has 0 aliphatic rings. The maximum absolute atomic E-state index is 12.9. The van der Waals surface area contributed by atoms with E-state index in [9.17, 15) is 19.5 Å². The molecule has 0 heterocycles. The smallest absolute Gasteiger partial charge is 0.321 e. The van der Waals surface area contributed by atoms with Crippen LogP contribution in [-0.4, -0.2) is 66.7 Å². The van der Waals surface area contributed by atoms with E-state index in [0.29, 0.717) is 25.8 Å². The van der Waals surface area contributed by atoms with Crippen LogP contribution in [0.15, 0.2) is 0 Å². The van der Waals surface area contributed by atoms with Gasteiger partial charge in [0.2, 0.25) is 17.7 Å². The van der Waals surface area contributed by atoms with Gasteiger partial charge < -0.3 is 26.2 Å². The lowest BCUT2D eigenvalue weighted by atomic mass is 9.95. The van der Waals surface area contributed by atoms with Crippen molar-refractivity contribution < 1.29 is 24.2 Å². The Kier molecular flexibility index (Phi) is 15.2. The van der Waals surface area contributed by atoms with E-state index < -0.39 is 35.9 Å². The molecule has 0 fully saturated rings. The number of amides is 3. The highest BCUT2D eigenvalue weighted by Crippen LogP contribution is 2.15. The Morgan fingerprint density at radius 3 is 2.10 bits per heavy atom. The first-order valence-electron chi connectivity index (χ1n) is 11.4. The predicted octanol–water partition coefficient (Wildman–Crippen LogP) is 0.986. The van der Waals surface area contributed by atoms with Gasteiger partial charge in [-0.25, -0.2) is 5.06 Å². The van der Waals surface area contributed by atoms with E-state index in [1.165, 1.54) is 0 Å². The summed E-state index contributed by atoms with van der Waals surface area (Å²) >= 11 is 0. The molecule has 10 heteroatoms. The molecule has 179 valence electrons. The van der Waals surface area contributed by atoms with Crippen LogP contribution in [0.25, 0.3) is 0 Å². The molecular weight excluding hydrogens is 399 g/mol. The Morgan fingerprint density at radius 2 is 1.65 bits per heavy atom. The number of carbonyl (C=O) groups is 3. The molecule has 0 bridgehead atoms. The number of carbonyl (C=O) groups excluding carboxylic acids is 3. The number of primary amides is 1. The minimum absolute atomic E-state index is 0.153. The van der Waals surface area contributed by atoms with Crippen molar-refractivity contribution in [3.05, 3.63) is 0 Å². The van der Waals surface area contributed by atoms with Crippen molar-refractivity contribution in [2.45, 2.75) is 91.7 Å². The van der Waals surface area contributed by atoms with E-state index in [-0.39, 0.29) is 24.8 Å². The third-order valence-electron chi connectivity index (χ3n) is 4.97. The van der Waals surface area contributed by atoms with Crippen LogP contribution in [0, 0.1) is 11.8 Å². The number of aliphatic hydroxyl groups excluding tert-OH is 1. The van der Waals surface area contributed by atoms with Crippen molar-refractivity contribution in [1.82, 2.24) is 15.7 Å². The minimum atomic E-state index is -0.776. The van der Waals surface area contributed by atoms with Crippen molar-refractivity contribution in [2.75, 3.05) is 13.1 Å². The molecule has 0 spiro atoms. The van der Waals surface area contributed by atoms with Crippen molar-refractivity contribution in [3.63, 3.8) is 0 Å². The Balaban J connectivity index is 5.09. The summed E-state index contributed by atoms with van der Waals surface area (Å²) in [7, 11) is 1.55. The lowest BCUT2D eigenvalue weighted by molar-refractivity contribution is -0.134. The molecule has 31 heavy (non-hydrogen) atoms. The van der Waals surface area contributed by atoms with Crippen molar-refractivity contribution in [3.8, 4) is 0 Å². The van der Waals surface area contributed by atoms with Crippen molar-refractivity contribution in [1.29, 1.82) is 0 Å². The summed E-state index contributed by atoms with van der Waals surface area (Å²) in [6.45, 7) is 12.3. The van der Waals surface area contributed by atoms with Crippen molar-refractivity contribution >= 4 is 25.2 Å². The van der Waals surface area contributed by atoms with Gasteiger partial charge in [-0.1, -0.05) is 41.4 Å². The van der Waals surface area contributed by atoms with Gasteiger partial charge in [-0.15, -0.1) is 0 Å². The lowest BCUT2D eigenvalue weighted by Crippen LogP contribution is -2.54. The number of hydrogen-bond donors (Lipinski definition) is 4. The van der Waals surface area contributed by atoms with Gasteiger partial charge >= 0.3 is 7.48 Å². The van der Waals surface area contributed by atoms with Gasteiger partial charge in [0.15, 0.2) is 0 Å². The zero-order valence-electron chi connectivity index (χ0n) is 20.0. The maximum Gasteiger partial charge on any atom is 0.321 e. The summed E-state index contributed by atoms with van der Waals surface area (Å²) in [4.78, 5) is 37.1. The van der Waals surface area contributed by atoms with Gasteiger partial charge in [0.1, 0.15) is 12.1 Å². The molecule has 0 rings (SSSR count). The van der Waals surface area contributed by atoms with Gasteiger partial charge in [0, 0.05) is 19.0 Å². The number of rotatable bonds is 17. The van der Waals surface area contributed by atoms with E-state index in [0.717, 1.165) is 6.42 Å². The molecule has 5 N–H and O–H groups in total. The number of hydroxylamine groups is 2. The second-order valence-corrected chi connectivity index (χ2v) is 8.29. The van der Waals surface area contributed by atoms with E-state index in [4.69, 9.17) is 10.5 Å². The highest BCUT2D eigenvalue weighted by atomic mass is 16.6. The molecule has 3 amide bonds. The van der Waals surface area contributed by atoms with Crippen LogP contribution in [0.1, 0.15) is 66.7 Å². The van der Waals surface area contributed by atoms with Gasteiger partial charge in [-0.3, -0.25) is 14.4 Å². The normalized spacial score (nSPS) is 15.3. The molecule has 0 saturated carbocycles. The van der Waals surface area contributed by atoms with Crippen LogP contribution in [0.4, 0.5) is 0 Å². The number of nitrogens with one attached hydrogen (secondary N) is 2. The second kappa shape index (κ2) is 16.1. The fraction of sp³-hybridized carbons (Fsp3) is 0.857. The van der Waals surface area contributed by atoms with E-state index >= 15 is 0 Å². The first-order chi connectivity index (χ1) is 14.6. The fourth-order valence-electron chi connectivity index (χ4n) is 3.32. The first kappa shape index (κ1) is 29.4. The van der Waals surface area contributed by atoms with E-state index in [2.05, 4.69) is 10.6 Å². The molecule has 4 atom stereocenters. The standard InChI is InChI=1S/C21H42BN4O5/c1-7-10-26(31-22-6)13-16(27)12-15(8-2)20(29)25-18(11-14(4)5)21(30)24-17(9-3)19(23)28/h14-18,27H,7-13H2,1-6H3,(H2,23,28)(H,24,30)(H,25,29)/t15-,16?,17+,18+/m1/s1. The zero-order chi connectivity index (χ0) is 24.0. The first-order valence-corrected chi connectivity index (χ1v) is 11.4. The Morgan fingerprint density at radius 1 is 1.03 bits per heavy atom. The predicted molar refractivity (Wildman–Crippen MR) is 122 cm³/mol. The third kappa shape index (κ3) is 12.1. The van der Waals surface area contributed by atoms with E-state index in [1.54, 1.807) is 26.3 Å². The maximum atomic E-state index is 12.9. The van der Waals surface area contributed by atoms with Gasteiger partial charge in [-0.2, -0.15) is 0 Å². The van der Waals surface area contributed by atoms with Crippen LogP contribution in [-0.2, 0) is 19.1 Å². The summed E-state index contributed by atoms with van der Waals surface area (Å²) in [5, 5.41) is 17.6. The highest BCUT2D eigenvalue weighted by Gasteiger charge is 2.29. The quantitative estimate of drug-likeness (QED) is 0.196. The SMILES string of the molecule is C[B]ON(CCC)CC(O)C[C@@H](CC)C(=O)N[C@@H](CC(C)C)C(=O)N[C@@H](CC)C(N)=O. The molecule has 1 unspecified atom stereocenters. The number of hydrogen-bond acceptors (Lipinski definition) is 6. The Hall–Kier alpha value is -1.65. The van der Waals surface area contributed by atoms with Gasteiger partial charge in [-0.05, 0) is 38.0 Å². The molecule has 0 aromatic carbocycles. The van der Waals surface area contributed by atoms with Crippen LogP contribution < -0.4 is 16.4 Å². The van der Waals surface area contributed by atoms with Crippen LogP contribution >= 0.6 is 0 Å². The number of nitrogens with zero attached hydrogens (tertiary/aromatic N) is 1. The average Bonchev–Trinajstić information content (AvgIpc) is 2.69. The molecule has 1 radical (unpaired) electrons. The summed E-state index contributed by atoms with van der Waals surface area (Å²) in [5.41, 5.74) is 5.32. The summed E-state index contributed by atoms with van der Waals surface area (Å²) in [6.07, 6.45) is 1.69. The average molecular weight is 441 g/mol. The monoisotopic (exact) mass is 441 g/mol. The largest absolute Gasteiger partial charge is 0.392 e. The second-order valence-electron chi connectivity index (χ2n) is 8.29. The summed E-state index contributed by atoms with van der Waals surface area (Å²) in [5.74, 6) is -1.63. The minimum Gasteiger partial charge on any atom is -0.392 e. The number of aliphatic hydroxyl groups is 1. The van der Waals surface area contributed by atoms with E-state index in [1.807, 2.05) is 27.7 Å².